The van der Waals surface area contributed by atoms with Crippen LogP contribution in [0.5, 0.6) is 0 Å². The second kappa shape index (κ2) is 6.19. The number of sulfonamides is 1. The number of nitrogens with zero attached hydrogens (tertiary/aromatic N) is 2. The number of benzene rings is 1. The summed E-state index contributed by atoms with van der Waals surface area (Å²) >= 11 is 3.33. The molecular weight excluding hydrogens is 354 g/mol. The lowest BCUT2D eigenvalue weighted by atomic mass is 10.2. The van der Waals surface area contributed by atoms with E-state index in [1.807, 2.05) is 13.8 Å². The zero-order chi connectivity index (χ0) is 15.6. The highest BCUT2D eigenvalue weighted by molar-refractivity contribution is 9.10. The van der Waals surface area contributed by atoms with Crippen LogP contribution in [-0.4, -0.2) is 18.2 Å². The maximum atomic E-state index is 12.7. The maximum Gasteiger partial charge on any atom is 0.265 e. The summed E-state index contributed by atoms with van der Waals surface area (Å²) in [5.74, 6) is 0. The van der Waals surface area contributed by atoms with E-state index in [0.717, 1.165) is 10.2 Å². The number of aryl methyl sites for hydroxylation is 2. The van der Waals surface area contributed by atoms with Crippen molar-refractivity contribution >= 4 is 31.6 Å². The van der Waals surface area contributed by atoms with Crippen LogP contribution < -0.4 is 4.72 Å². The Morgan fingerprint density at radius 3 is 2.33 bits per heavy atom. The summed E-state index contributed by atoms with van der Waals surface area (Å²) in [5.41, 5.74) is 1.85. The Hall–Kier alpha value is -1.34. The van der Waals surface area contributed by atoms with Gasteiger partial charge in [0.25, 0.3) is 10.0 Å². The zero-order valence-electron chi connectivity index (χ0n) is 12.2. The van der Waals surface area contributed by atoms with Gasteiger partial charge in [0, 0.05) is 17.2 Å². The van der Waals surface area contributed by atoms with Crippen molar-refractivity contribution in [2.24, 2.45) is 7.05 Å². The van der Waals surface area contributed by atoms with Crippen molar-refractivity contribution in [1.82, 2.24) is 9.78 Å². The molecule has 114 valence electrons. The monoisotopic (exact) mass is 371 g/mol. The van der Waals surface area contributed by atoms with Crippen LogP contribution in [0.15, 0.2) is 33.6 Å². The van der Waals surface area contributed by atoms with Crippen molar-refractivity contribution < 1.29 is 8.42 Å². The lowest BCUT2D eigenvalue weighted by Crippen LogP contribution is -2.16. The molecule has 0 fully saturated rings. The van der Waals surface area contributed by atoms with Gasteiger partial charge in [-0.05, 0) is 37.1 Å². The van der Waals surface area contributed by atoms with Crippen molar-refractivity contribution in [2.45, 2.75) is 31.6 Å². The van der Waals surface area contributed by atoms with Crippen LogP contribution in [0.4, 0.5) is 5.69 Å². The van der Waals surface area contributed by atoms with Crippen molar-refractivity contribution in [3.63, 3.8) is 0 Å². The van der Waals surface area contributed by atoms with E-state index in [2.05, 4.69) is 25.8 Å². The molecular formula is C14H18BrN3O2S. The topological polar surface area (TPSA) is 64.0 Å². The van der Waals surface area contributed by atoms with Gasteiger partial charge in [-0.2, -0.15) is 5.10 Å². The van der Waals surface area contributed by atoms with Gasteiger partial charge in [0.2, 0.25) is 0 Å². The van der Waals surface area contributed by atoms with E-state index in [-0.39, 0.29) is 0 Å². The largest absolute Gasteiger partial charge is 0.280 e. The van der Waals surface area contributed by atoms with Gasteiger partial charge in [0.1, 0.15) is 4.90 Å². The smallest absolute Gasteiger partial charge is 0.265 e. The number of rotatable bonds is 5. The molecule has 5 nitrogen and oxygen atoms in total. The fraction of sp³-hybridized carbons (Fsp3) is 0.357. The second-order valence-electron chi connectivity index (χ2n) is 4.67. The van der Waals surface area contributed by atoms with Gasteiger partial charge in [-0.3, -0.25) is 9.40 Å². The van der Waals surface area contributed by atoms with Gasteiger partial charge in [-0.15, -0.1) is 0 Å². The number of nitrogens with one attached hydrogen (secondary N) is 1. The van der Waals surface area contributed by atoms with Crippen LogP contribution in [0.3, 0.4) is 0 Å². The minimum absolute atomic E-state index is 0.304. The Bertz CT molecular complexity index is 736. The number of hydrogen-bond donors (Lipinski definition) is 1. The molecule has 21 heavy (non-hydrogen) atoms. The van der Waals surface area contributed by atoms with Crippen LogP contribution in [0, 0.1) is 0 Å². The zero-order valence-corrected chi connectivity index (χ0v) is 14.6. The van der Waals surface area contributed by atoms with E-state index in [9.17, 15) is 8.42 Å². The average molecular weight is 372 g/mol. The summed E-state index contributed by atoms with van der Waals surface area (Å²) in [7, 11) is -1.87. The second-order valence-corrected chi connectivity index (χ2v) is 7.20. The molecule has 1 heterocycles. The van der Waals surface area contributed by atoms with Gasteiger partial charge in [-0.1, -0.05) is 29.8 Å². The quantitative estimate of drug-likeness (QED) is 0.877. The van der Waals surface area contributed by atoms with E-state index >= 15 is 0 Å². The third-order valence-electron chi connectivity index (χ3n) is 3.22. The van der Waals surface area contributed by atoms with E-state index in [0.29, 0.717) is 29.1 Å². The molecule has 0 aliphatic rings. The first-order valence-corrected chi connectivity index (χ1v) is 8.99. The summed E-state index contributed by atoms with van der Waals surface area (Å²) < 4.78 is 30.5. The Balaban J connectivity index is 2.46. The Labute approximate surface area is 133 Å². The first kappa shape index (κ1) is 16.0. The molecule has 0 aliphatic carbocycles. The molecule has 0 atom stereocenters. The average Bonchev–Trinajstić information content (AvgIpc) is 2.78. The number of aromatic nitrogens is 2. The molecule has 0 bridgehead atoms. The highest BCUT2D eigenvalue weighted by Gasteiger charge is 2.26. The van der Waals surface area contributed by atoms with Crippen molar-refractivity contribution in [3.05, 3.63) is 40.1 Å². The molecule has 0 saturated carbocycles. The number of anilines is 1. The Morgan fingerprint density at radius 2 is 1.81 bits per heavy atom. The predicted molar refractivity (Wildman–Crippen MR) is 86.9 cm³/mol. The molecule has 2 rings (SSSR count). The highest BCUT2D eigenvalue weighted by Crippen LogP contribution is 2.24. The maximum absolute atomic E-state index is 12.7. The fourth-order valence-electron chi connectivity index (χ4n) is 2.26. The third-order valence-corrected chi connectivity index (χ3v) is 5.26. The predicted octanol–water partition coefficient (Wildman–Crippen LogP) is 3.11. The van der Waals surface area contributed by atoms with Gasteiger partial charge in [-0.25, -0.2) is 8.42 Å². The first-order chi connectivity index (χ1) is 9.89. The van der Waals surface area contributed by atoms with Crippen LogP contribution in [0.1, 0.15) is 25.2 Å². The minimum Gasteiger partial charge on any atom is -0.280 e. The molecule has 1 N–H and O–H groups in total. The standard InChI is InChI=1S/C14H18BrN3O2S/c1-4-12-14(13(5-2)18(3)16-12)21(19,20)17-11-8-6-10(15)7-9-11/h6-9,17H,4-5H2,1-3H3. The molecule has 0 aliphatic heterocycles. The minimum atomic E-state index is -3.64. The molecule has 2 aromatic rings. The van der Waals surface area contributed by atoms with Gasteiger partial charge >= 0.3 is 0 Å². The molecule has 1 aromatic heterocycles. The SMILES string of the molecule is CCc1nn(C)c(CC)c1S(=O)(=O)Nc1ccc(Br)cc1. The summed E-state index contributed by atoms with van der Waals surface area (Å²) in [6.45, 7) is 3.83. The summed E-state index contributed by atoms with van der Waals surface area (Å²) in [6.07, 6.45) is 1.19. The summed E-state index contributed by atoms with van der Waals surface area (Å²) in [6, 6.07) is 7.02. The Morgan fingerprint density at radius 1 is 1.19 bits per heavy atom. The Kier molecular flexibility index (Phi) is 4.73. The van der Waals surface area contributed by atoms with Crippen LogP contribution in [0.2, 0.25) is 0 Å². The van der Waals surface area contributed by atoms with Gasteiger partial charge in [0.15, 0.2) is 0 Å². The van der Waals surface area contributed by atoms with E-state index in [1.54, 1.807) is 36.0 Å². The third kappa shape index (κ3) is 3.29. The van der Waals surface area contributed by atoms with E-state index < -0.39 is 10.0 Å². The van der Waals surface area contributed by atoms with Crippen molar-refractivity contribution in [2.75, 3.05) is 4.72 Å². The molecule has 1 aromatic carbocycles. The van der Waals surface area contributed by atoms with Crippen LogP contribution >= 0.6 is 15.9 Å². The number of hydrogen-bond acceptors (Lipinski definition) is 3. The molecule has 0 spiro atoms. The van der Waals surface area contributed by atoms with E-state index in [4.69, 9.17) is 0 Å². The fourth-order valence-corrected chi connectivity index (χ4v) is 4.15. The number of halogens is 1. The first-order valence-electron chi connectivity index (χ1n) is 6.72. The highest BCUT2D eigenvalue weighted by atomic mass is 79.9. The van der Waals surface area contributed by atoms with E-state index in [1.165, 1.54) is 0 Å². The van der Waals surface area contributed by atoms with Crippen LogP contribution in [-0.2, 0) is 29.9 Å². The van der Waals surface area contributed by atoms with Crippen molar-refractivity contribution in [1.29, 1.82) is 0 Å². The lowest BCUT2D eigenvalue weighted by Gasteiger charge is -2.10. The summed E-state index contributed by atoms with van der Waals surface area (Å²) in [4.78, 5) is 0.304. The van der Waals surface area contributed by atoms with Gasteiger partial charge in [0.05, 0.1) is 11.4 Å². The molecule has 0 radical (unpaired) electrons. The molecule has 0 amide bonds. The molecule has 0 unspecified atom stereocenters. The van der Waals surface area contributed by atoms with Crippen LogP contribution in [0.25, 0.3) is 0 Å². The normalized spacial score (nSPS) is 11.6. The van der Waals surface area contributed by atoms with Crippen molar-refractivity contribution in [3.8, 4) is 0 Å². The molecule has 0 saturated heterocycles. The molecule has 7 heteroatoms. The lowest BCUT2D eigenvalue weighted by molar-refractivity contribution is 0.598. The van der Waals surface area contributed by atoms with Gasteiger partial charge < -0.3 is 0 Å². The summed E-state index contributed by atoms with van der Waals surface area (Å²) in [5, 5.41) is 4.31.